The molecular formula is C13H20N6. The number of aryl methyl sites for hydroxylation is 1. The quantitative estimate of drug-likeness (QED) is 0.872. The smallest absolute Gasteiger partial charge is 0.203 e. The van der Waals surface area contributed by atoms with Crippen LogP contribution < -0.4 is 10.6 Å². The van der Waals surface area contributed by atoms with Crippen molar-refractivity contribution >= 4 is 11.5 Å². The molecule has 0 aromatic carbocycles. The lowest BCUT2D eigenvalue weighted by atomic mass is 9.80. The molecule has 2 aromatic heterocycles. The Balaban J connectivity index is 1.90. The third-order valence-corrected chi connectivity index (χ3v) is 4.24. The Kier molecular flexibility index (Phi) is 2.89. The Morgan fingerprint density at radius 2 is 2.05 bits per heavy atom. The molecule has 102 valence electrons. The molecule has 3 rings (SSSR count). The zero-order chi connectivity index (χ0) is 13.5. The number of fused-ring (bicyclic) bond motifs is 1. The average molecular weight is 260 g/mol. The zero-order valence-corrected chi connectivity index (χ0v) is 11.5. The van der Waals surface area contributed by atoms with Crippen molar-refractivity contribution < 1.29 is 0 Å². The minimum Gasteiger partial charge on any atom is -0.353 e. The second-order valence-corrected chi connectivity index (χ2v) is 5.69. The van der Waals surface area contributed by atoms with Crippen LogP contribution >= 0.6 is 0 Å². The fourth-order valence-corrected chi connectivity index (χ4v) is 2.61. The van der Waals surface area contributed by atoms with Gasteiger partial charge in [-0.1, -0.05) is 6.92 Å². The summed E-state index contributed by atoms with van der Waals surface area (Å²) >= 11 is 0. The van der Waals surface area contributed by atoms with Gasteiger partial charge in [-0.3, -0.25) is 4.40 Å². The summed E-state index contributed by atoms with van der Waals surface area (Å²) in [6.45, 7) is 6.92. The molecule has 6 heteroatoms. The highest BCUT2D eigenvalue weighted by molar-refractivity contribution is 5.63. The Labute approximate surface area is 112 Å². The van der Waals surface area contributed by atoms with E-state index in [0.717, 1.165) is 49.8 Å². The minimum absolute atomic E-state index is 0.269. The van der Waals surface area contributed by atoms with E-state index in [0.29, 0.717) is 0 Å². The van der Waals surface area contributed by atoms with Gasteiger partial charge in [0.25, 0.3) is 0 Å². The van der Waals surface area contributed by atoms with Crippen LogP contribution in [0.3, 0.4) is 0 Å². The maximum atomic E-state index is 5.85. The number of hydrogen-bond donors (Lipinski definition) is 1. The van der Waals surface area contributed by atoms with Gasteiger partial charge in [-0.2, -0.15) is 0 Å². The molecule has 0 unspecified atom stereocenters. The summed E-state index contributed by atoms with van der Waals surface area (Å²) in [5.74, 6) is 1.82. The molecule has 0 spiro atoms. The number of rotatable bonds is 2. The van der Waals surface area contributed by atoms with Crippen molar-refractivity contribution in [1.29, 1.82) is 0 Å². The molecule has 6 nitrogen and oxygen atoms in total. The summed E-state index contributed by atoms with van der Waals surface area (Å²) in [6, 6.07) is 0. The van der Waals surface area contributed by atoms with E-state index < -0.39 is 0 Å². The van der Waals surface area contributed by atoms with Crippen molar-refractivity contribution in [2.75, 3.05) is 24.5 Å². The predicted molar refractivity (Wildman–Crippen MR) is 74.1 cm³/mol. The first-order chi connectivity index (χ1) is 9.13. The maximum Gasteiger partial charge on any atom is 0.203 e. The fraction of sp³-hybridized carbons (Fsp3) is 0.615. The first kappa shape index (κ1) is 12.3. The highest BCUT2D eigenvalue weighted by atomic mass is 15.3. The number of hydrogen-bond acceptors (Lipinski definition) is 5. The Hall–Kier alpha value is -1.69. The standard InChI is InChI=1S/C13H20N6/c1-10-16-17-12-11(15-5-8-19(10)12)18-6-3-13(2,9-14)4-7-18/h5,8H,3-4,6-7,9,14H2,1-2H3. The molecule has 1 fully saturated rings. The van der Waals surface area contributed by atoms with Crippen LogP contribution in [0.4, 0.5) is 5.82 Å². The van der Waals surface area contributed by atoms with E-state index in [1.807, 2.05) is 23.7 Å². The summed E-state index contributed by atoms with van der Waals surface area (Å²) in [6.07, 6.45) is 5.91. The monoisotopic (exact) mass is 260 g/mol. The highest BCUT2D eigenvalue weighted by Crippen LogP contribution is 2.32. The molecule has 0 amide bonds. The van der Waals surface area contributed by atoms with Crippen LogP contribution in [0, 0.1) is 12.3 Å². The van der Waals surface area contributed by atoms with Gasteiger partial charge < -0.3 is 10.6 Å². The fourth-order valence-electron chi connectivity index (χ4n) is 2.61. The lowest BCUT2D eigenvalue weighted by Gasteiger charge is -2.39. The van der Waals surface area contributed by atoms with Gasteiger partial charge in [-0.25, -0.2) is 4.98 Å². The van der Waals surface area contributed by atoms with Crippen molar-refractivity contribution in [3.05, 3.63) is 18.2 Å². The third-order valence-electron chi connectivity index (χ3n) is 4.24. The van der Waals surface area contributed by atoms with Gasteiger partial charge in [-0.05, 0) is 31.7 Å². The van der Waals surface area contributed by atoms with Crippen LogP contribution in [0.2, 0.25) is 0 Å². The minimum atomic E-state index is 0.269. The topological polar surface area (TPSA) is 72.3 Å². The van der Waals surface area contributed by atoms with E-state index in [9.17, 15) is 0 Å². The summed E-state index contributed by atoms with van der Waals surface area (Å²) in [5.41, 5.74) is 6.97. The van der Waals surface area contributed by atoms with Gasteiger partial charge in [-0.15, -0.1) is 10.2 Å². The first-order valence-electron chi connectivity index (χ1n) is 6.74. The van der Waals surface area contributed by atoms with Crippen molar-refractivity contribution in [3.8, 4) is 0 Å². The Morgan fingerprint density at radius 1 is 1.32 bits per heavy atom. The number of anilines is 1. The molecular weight excluding hydrogens is 240 g/mol. The van der Waals surface area contributed by atoms with Crippen LogP contribution in [-0.4, -0.2) is 39.2 Å². The van der Waals surface area contributed by atoms with E-state index in [-0.39, 0.29) is 5.41 Å². The maximum absolute atomic E-state index is 5.85. The van der Waals surface area contributed by atoms with Gasteiger partial charge in [0.2, 0.25) is 5.65 Å². The van der Waals surface area contributed by atoms with E-state index in [2.05, 4.69) is 27.0 Å². The molecule has 1 saturated heterocycles. The van der Waals surface area contributed by atoms with Gasteiger partial charge in [0, 0.05) is 25.5 Å². The molecule has 1 aliphatic rings. The number of piperidine rings is 1. The van der Waals surface area contributed by atoms with E-state index in [1.54, 1.807) is 0 Å². The molecule has 19 heavy (non-hydrogen) atoms. The molecule has 0 bridgehead atoms. The van der Waals surface area contributed by atoms with Gasteiger partial charge in [0.1, 0.15) is 5.82 Å². The normalized spacial score (nSPS) is 19.0. The summed E-state index contributed by atoms with van der Waals surface area (Å²) in [5, 5.41) is 8.36. The van der Waals surface area contributed by atoms with Gasteiger partial charge >= 0.3 is 0 Å². The van der Waals surface area contributed by atoms with Crippen LogP contribution in [0.5, 0.6) is 0 Å². The van der Waals surface area contributed by atoms with E-state index >= 15 is 0 Å². The van der Waals surface area contributed by atoms with Crippen LogP contribution in [0.15, 0.2) is 12.4 Å². The molecule has 1 aliphatic heterocycles. The molecule has 2 aromatic rings. The summed E-state index contributed by atoms with van der Waals surface area (Å²) in [7, 11) is 0. The zero-order valence-electron chi connectivity index (χ0n) is 11.5. The average Bonchev–Trinajstić information content (AvgIpc) is 2.82. The van der Waals surface area contributed by atoms with E-state index in [1.165, 1.54) is 0 Å². The van der Waals surface area contributed by atoms with Crippen LogP contribution in [-0.2, 0) is 0 Å². The highest BCUT2D eigenvalue weighted by Gasteiger charge is 2.30. The second-order valence-electron chi connectivity index (χ2n) is 5.69. The van der Waals surface area contributed by atoms with Gasteiger partial charge in [0.15, 0.2) is 5.82 Å². The SMILES string of the molecule is Cc1nnc2c(N3CCC(C)(CN)CC3)nccn12. The Morgan fingerprint density at radius 3 is 2.74 bits per heavy atom. The van der Waals surface area contributed by atoms with Crippen molar-refractivity contribution in [2.45, 2.75) is 26.7 Å². The van der Waals surface area contributed by atoms with Crippen LogP contribution in [0.25, 0.3) is 5.65 Å². The van der Waals surface area contributed by atoms with Crippen molar-refractivity contribution in [3.63, 3.8) is 0 Å². The Bertz CT molecular complexity index is 582. The largest absolute Gasteiger partial charge is 0.353 e. The number of nitrogens with two attached hydrogens (primary N) is 1. The predicted octanol–water partition coefficient (Wildman–Crippen LogP) is 0.998. The van der Waals surface area contributed by atoms with Crippen molar-refractivity contribution in [1.82, 2.24) is 19.6 Å². The molecule has 0 saturated carbocycles. The molecule has 0 aliphatic carbocycles. The summed E-state index contributed by atoms with van der Waals surface area (Å²) in [4.78, 5) is 6.78. The number of nitrogens with zero attached hydrogens (tertiary/aromatic N) is 5. The van der Waals surface area contributed by atoms with Crippen LogP contribution in [0.1, 0.15) is 25.6 Å². The molecule has 2 N–H and O–H groups in total. The first-order valence-corrected chi connectivity index (χ1v) is 6.74. The summed E-state index contributed by atoms with van der Waals surface area (Å²) < 4.78 is 1.99. The third kappa shape index (κ3) is 2.06. The molecule has 3 heterocycles. The number of aromatic nitrogens is 4. The second kappa shape index (κ2) is 4.45. The lowest BCUT2D eigenvalue weighted by Crippen LogP contribution is -2.42. The van der Waals surface area contributed by atoms with Gasteiger partial charge in [0.05, 0.1) is 0 Å². The molecule has 0 atom stereocenters. The molecule has 0 radical (unpaired) electrons. The van der Waals surface area contributed by atoms with Crippen molar-refractivity contribution in [2.24, 2.45) is 11.1 Å². The van der Waals surface area contributed by atoms with E-state index in [4.69, 9.17) is 5.73 Å². The lowest BCUT2D eigenvalue weighted by molar-refractivity contribution is 0.258.